The van der Waals surface area contributed by atoms with Gasteiger partial charge in [-0.05, 0) is 30.3 Å². The molecule has 19 heavy (non-hydrogen) atoms. The topological polar surface area (TPSA) is 61.5 Å². The molecule has 0 aliphatic heterocycles. The van der Waals surface area contributed by atoms with E-state index in [1.54, 1.807) is 25.3 Å². The first-order valence-electron chi connectivity index (χ1n) is 5.85. The Kier molecular flexibility index (Phi) is 4.03. The van der Waals surface area contributed by atoms with Gasteiger partial charge < -0.3 is 15.2 Å². The second-order valence-corrected chi connectivity index (χ2v) is 3.99. The van der Waals surface area contributed by atoms with Gasteiger partial charge in [0.1, 0.15) is 18.1 Å². The molecule has 2 N–H and O–H groups in total. The van der Waals surface area contributed by atoms with Crippen LogP contribution in [0.5, 0.6) is 11.5 Å². The summed E-state index contributed by atoms with van der Waals surface area (Å²) >= 11 is 0. The normalized spacial score (nSPS) is 9.95. The minimum atomic E-state index is -0.469. The van der Waals surface area contributed by atoms with Crippen LogP contribution >= 0.6 is 0 Å². The van der Waals surface area contributed by atoms with E-state index >= 15 is 0 Å². The fourth-order valence-corrected chi connectivity index (χ4v) is 1.72. The number of methoxy groups -OCH3 is 1. The number of primary amides is 1. The van der Waals surface area contributed by atoms with Crippen LogP contribution in [0.25, 0.3) is 0 Å². The van der Waals surface area contributed by atoms with Crippen LogP contribution < -0.4 is 15.2 Å². The van der Waals surface area contributed by atoms with Crippen LogP contribution in [0.3, 0.4) is 0 Å². The van der Waals surface area contributed by atoms with Crippen molar-refractivity contribution in [1.82, 2.24) is 0 Å². The summed E-state index contributed by atoms with van der Waals surface area (Å²) in [6.07, 6.45) is 0. The van der Waals surface area contributed by atoms with Crippen molar-refractivity contribution in [3.8, 4) is 11.5 Å². The number of nitrogens with two attached hydrogens (primary N) is 1. The summed E-state index contributed by atoms with van der Waals surface area (Å²) in [6.45, 7) is 0.314. The minimum absolute atomic E-state index is 0.314. The summed E-state index contributed by atoms with van der Waals surface area (Å²) in [7, 11) is 1.57. The van der Waals surface area contributed by atoms with Crippen molar-refractivity contribution < 1.29 is 14.3 Å². The molecule has 4 nitrogen and oxygen atoms in total. The van der Waals surface area contributed by atoms with E-state index in [9.17, 15) is 4.79 Å². The molecule has 0 heterocycles. The first kappa shape index (κ1) is 13.0. The highest BCUT2D eigenvalue weighted by Crippen LogP contribution is 2.22. The van der Waals surface area contributed by atoms with Gasteiger partial charge in [0.05, 0.1) is 7.11 Å². The molecule has 0 atom stereocenters. The number of carbonyl (C=O) groups is 1. The van der Waals surface area contributed by atoms with E-state index in [0.717, 1.165) is 11.3 Å². The van der Waals surface area contributed by atoms with Crippen molar-refractivity contribution in [3.05, 3.63) is 59.7 Å². The standard InChI is InChI=1S/C15H15NO3/c1-18-14-8-7-11(15(16)17)9-12(14)10-19-13-5-3-2-4-6-13/h2-9H,10H2,1H3,(H2,16,17). The Morgan fingerprint density at radius 1 is 1.16 bits per heavy atom. The lowest BCUT2D eigenvalue weighted by molar-refractivity contribution is 0.1000. The van der Waals surface area contributed by atoms with Crippen molar-refractivity contribution in [1.29, 1.82) is 0 Å². The first-order chi connectivity index (χ1) is 9.20. The molecule has 0 saturated carbocycles. The molecular weight excluding hydrogens is 242 g/mol. The molecule has 0 spiro atoms. The fraction of sp³-hybridized carbons (Fsp3) is 0.133. The van der Waals surface area contributed by atoms with Crippen LogP contribution in [0, 0.1) is 0 Å². The lowest BCUT2D eigenvalue weighted by Gasteiger charge is -2.11. The molecule has 0 saturated heterocycles. The zero-order valence-electron chi connectivity index (χ0n) is 10.6. The molecule has 0 fully saturated rings. The molecule has 0 bridgehead atoms. The molecule has 1 amide bonds. The third-order valence-electron chi connectivity index (χ3n) is 2.70. The van der Waals surface area contributed by atoms with Crippen molar-refractivity contribution in [2.24, 2.45) is 5.73 Å². The van der Waals surface area contributed by atoms with Gasteiger partial charge in [-0.15, -0.1) is 0 Å². The molecule has 0 aliphatic carbocycles. The summed E-state index contributed by atoms with van der Waals surface area (Å²) in [5, 5.41) is 0. The number of ether oxygens (including phenoxy) is 2. The van der Waals surface area contributed by atoms with Crippen LogP contribution in [-0.4, -0.2) is 13.0 Å². The van der Waals surface area contributed by atoms with Crippen LogP contribution in [0.2, 0.25) is 0 Å². The van der Waals surface area contributed by atoms with E-state index in [1.165, 1.54) is 0 Å². The lowest BCUT2D eigenvalue weighted by Crippen LogP contribution is -2.12. The van der Waals surface area contributed by atoms with E-state index in [1.807, 2.05) is 30.3 Å². The highest BCUT2D eigenvalue weighted by atomic mass is 16.5. The van der Waals surface area contributed by atoms with Crippen LogP contribution in [0.4, 0.5) is 0 Å². The Bertz CT molecular complexity index is 567. The summed E-state index contributed by atoms with van der Waals surface area (Å²) in [5.41, 5.74) is 6.48. The monoisotopic (exact) mass is 257 g/mol. The van der Waals surface area contributed by atoms with Crippen LogP contribution in [-0.2, 0) is 6.61 Å². The number of amides is 1. The van der Waals surface area contributed by atoms with Gasteiger partial charge >= 0.3 is 0 Å². The zero-order chi connectivity index (χ0) is 13.7. The quantitative estimate of drug-likeness (QED) is 0.894. The molecule has 0 aliphatic rings. The Morgan fingerprint density at radius 2 is 1.89 bits per heavy atom. The number of carbonyl (C=O) groups excluding carboxylic acids is 1. The van der Waals surface area contributed by atoms with E-state index in [-0.39, 0.29) is 0 Å². The highest BCUT2D eigenvalue weighted by molar-refractivity contribution is 5.93. The molecule has 0 radical (unpaired) electrons. The van der Waals surface area contributed by atoms with Crippen molar-refractivity contribution >= 4 is 5.91 Å². The Balaban J connectivity index is 2.18. The fourth-order valence-electron chi connectivity index (χ4n) is 1.72. The average molecular weight is 257 g/mol. The van der Waals surface area contributed by atoms with Crippen LogP contribution in [0.1, 0.15) is 15.9 Å². The van der Waals surface area contributed by atoms with E-state index in [2.05, 4.69) is 0 Å². The Hall–Kier alpha value is -2.49. The lowest BCUT2D eigenvalue weighted by atomic mass is 10.1. The molecule has 98 valence electrons. The predicted octanol–water partition coefficient (Wildman–Crippen LogP) is 2.37. The number of benzene rings is 2. The third kappa shape index (κ3) is 3.25. The molecule has 2 rings (SSSR count). The molecule has 4 heteroatoms. The van der Waals surface area contributed by atoms with Gasteiger partial charge in [0, 0.05) is 11.1 Å². The van der Waals surface area contributed by atoms with Gasteiger partial charge in [-0.1, -0.05) is 18.2 Å². The summed E-state index contributed by atoms with van der Waals surface area (Å²) in [5.74, 6) is 0.957. The van der Waals surface area contributed by atoms with Gasteiger partial charge in [0.15, 0.2) is 0 Å². The SMILES string of the molecule is COc1ccc(C(N)=O)cc1COc1ccccc1. The summed E-state index contributed by atoms with van der Waals surface area (Å²) < 4.78 is 10.9. The second kappa shape index (κ2) is 5.91. The Labute approximate surface area is 111 Å². The smallest absolute Gasteiger partial charge is 0.248 e. The van der Waals surface area contributed by atoms with E-state index in [4.69, 9.17) is 15.2 Å². The highest BCUT2D eigenvalue weighted by Gasteiger charge is 2.08. The van der Waals surface area contributed by atoms with Crippen molar-refractivity contribution in [2.75, 3.05) is 7.11 Å². The molecular formula is C15H15NO3. The minimum Gasteiger partial charge on any atom is -0.496 e. The number of hydrogen-bond acceptors (Lipinski definition) is 3. The van der Waals surface area contributed by atoms with E-state index in [0.29, 0.717) is 17.9 Å². The maximum absolute atomic E-state index is 11.2. The zero-order valence-corrected chi connectivity index (χ0v) is 10.6. The number of rotatable bonds is 5. The van der Waals surface area contributed by atoms with Gasteiger partial charge in [0.2, 0.25) is 5.91 Å². The van der Waals surface area contributed by atoms with Crippen molar-refractivity contribution in [3.63, 3.8) is 0 Å². The average Bonchev–Trinajstić information content (AvgIpc) is 2.45. The maximum atomic E-state index is 11.2. The van der Waals surface area contributed by atoms with Crippen LogP contribution in [0.15, 0.2) is 48.5 Å². The second-order valence-electron chi connectivity index (χ2n) is 3.99. The number of para-hydroxylation sites is 1. The molecule has 2 aromatic rings. The molecule has 0 unspecified atom stereocenters. The first-order valence-corrected chi connectivity index (χ1v) is 5.85. The van der Waals surface area contributed by atoms with E-state index < -0.39 is 5.91 Å². The summed E-state index contributed by atoms with van der Waals surface area (Å²) in [6, 6.07) is 14.5. The number of hydrogen-bond donors (Lipinski definition) is 1. The Morgan fingerprint density at radius 3 is 2.53 bits per heavy atom. The molecule has 0 aromatic heterocycles. The largest absolute Gasteiger partial charge is 0.496 e. The van der Waals surface area contributed by atoms with Gasteiger partial charge in [-0.2, -0.15) is 0 Å². The molecule has 2 aromatic carbocycles. The third-order valence-corrected chi connectivity index (χ3v) is 2.70. The summed E-state index contributed by atoms with van der Waals surface area (Å²) in [4.78, 5) is 11.2. The maximum Gasteiger partial charge on any atom is 0.248 e. The van der Waals surface area contributed by atoms with Gasteiger partial charge in [-0.3, -0.25) is 4.79 Å². The predicted molar refractivity (Wildman–Crippen MR) is 72.3 cm³/mol. The van der Waals surface area contributed by atoms with Gasteiger partial charge in [0.25, 0.3) is 0 Å². The van der Waals surface area contributed by atoms with Crippen molar-refractivity contribution in [2.45, 2.75) is 6.61 Å². The van der Waals surface area contributed by atoms with Gasteiger partial charge in [-0.25, -0.2) is 0 Å².